The van der Waals surface area contributed by atoms with Crippen molar-refractivity contribution in [2.75, 3.05) is 19.0 Å². The lowest BCUT2D eigenvalue weighted by atomic mass is 10.0. The lowest BCUT2D eigenvalue weighted by Gasteiger charge is -2.16. The summed E-state index contributed by atoms with van der Waals surface area (Å²) in [4.78, 5) is 12.3. The van der Waals surface area contributed by atoms with Gasteiger partial charge in [0.2, 0.25) is 0 Å². The molecule has 2 aromatic rings. The molecule has 1 amide bonds. The summed E-state index contributed by atoms with van der Waals surface area (Å²) < 4.78 is 10.8. The molecule has 24 heavy (non-hydrogen) atoms. The van der Waals surface area contributed by atoms with Gasteiger partial charge < -0.3 is 14.8 Å². The standard InChI is InChI=1S/C19H22ClNO3/c1-4-13-10-11-15(20)14(5-2)19(13)21-18(22)12-24-17-9-7-6-8-16(17)23-3/h6-11H,4-5,12H2,1-3H3,(H,21,22). The number of aryl methyl sites for hydroxylation is 1. The van der Waals surface area contributed by atoms with Crippen LogP contribution in [0.4, 0.5) is 5.69 Å². The fourth-order valence-corrected chi connectivity index (χ4v) is 2.81. The van der Waals surface area contributed by atoms with E-state index in [1.165, 1.54) is 0 Å². The molecule has 0 bridgehead atoms. The summed E-state index contributed by atoms with van der Waals surface area (Å²) in [6.45, 7) is 3.96. The van der Waals surface area contributed by atoms with Gasteiger partial charge in [-0.3, -0.25) is 4.79 Å². The molecule has 0 spiro atoms. The van der Waals surface area contributed by atoms with E-state index in [1.54, 1.807) is 19.2 Å². The van der Waals surface area contributed by atoms with Crippen LogP contribution < -0.4 is 14.8 Å². The van der Waals surface area contributed by atoms with Crippen molar-refractivity contribution in [2.24, 2.45) is 0 Å². The number of halogens is 1. The van der Waals surface area contributed by atoms with E-state index < -0.39 is 0 Å². The van der Waals surface area contributed by atoms with Crippen LogP contribution in [0.5, 0.6) is 11.5 Å². The molecule has 1 N–H and O–H groups in total. The summed E-state index contributed by atoms with van der Waals surface area (Å²) >= 11 is 6.26. The number of hydrogen-bond donors (Lipinski definition) is 1. The van der Waals surface area contributed by atoms with Crippen molar-refractivity contribution in [2.45, 2.75) is 26.7 Å². The van der Waals surface area contributed by atoms with Gasteiger partial charge in [-0.1, -0.05) is 43.6 Å². The molecule has 0 saturated carbocycles. The lowest BCUT2D eigenvalue weighted by Crippen LogP contribution is -2.22. The Morgan fingerprint density at radius 2 is 1.79 bits per heavy atom. The number of carbonyl (C=O) groups is 1. The quantitative estimate of drug-likeness (QED) is 0.802. The fraction of sp³-hybridized carbons (Fsp3) is 0.316. The number of methoxy groups -OCH3 is 1. The van der Waals surface area contributed by atoms with E-state index in [-0.39, 0.29) is 12.5 Å². The molecule has 0 fully saturated rings. The normalized spacial score (nSPS) is 10.3. The number of rotatable bonds is 7. The number of ether oxygens (including phenoxy) is 2. The van der Waals surface area contributed by atoms with Gasteiger partial charge in [0.15, 0.2) is 18.1 Å². The van der Waals surface area contributed by atoms with E-state index in [4.69, 9.17) is 21.1 Å². The molecule has 5 heteroatoms. The van der Waals surface area contributed by atoms with Crippen molar-refractivity contribution in [3.63, 3.8) is 0 Å². The average Bonchev–Trinajstić information content (AvgIpc) is 2.60. The first-order valence-electron chi connectivity index (χ1n) is 7.96. The number of para-hydroxylation sites is 2. The van der Waals surface area contributed by atoms with Crippen LogP contribution >= 0.6 is 11.6 Å². The molecule has 2 rings (SSSR count). The van der Waals surface area contributed by atoms with E-state index in [2.05, 4.69) is 5.32 Å². The van der Waals surface area contributed by atoms with Crippen molar-refractivity contribution in [1.29, 1.82) is 0 Å². The Hall–Kier alpha value is -2.20. The highest BCUT2D eigenvalue weighted by Gasteiger charge is 2.14. The zero-order valence-electron chi connectivity index (χ0n) is 14.2. The fourth-order valence-electron chi connectivity index (χ4n) is 2.52. The molecule has 2 aromatic carbocycles. The van der Waals surface area contributed by atoms with Gasteiger partial charge in [0.1, 0.15) is 0 Å². The topological polar surface area (TPSA) is 47.6 Å². The summed E-state index contributed by atoms with van der Waals surface area (Å²) in [6.07, 6.45) is 1.56. The molecule has 4 nitrogen and oxygen atoms in total. The van der Waals surface area contributed by atoms with Gasteiger partial charge in [0.05, 0.1) is 7.11 Å². The monoisotopic (exact) mass is 347 g/mol. The van der Waals surface area contributed by atoms with Crippen molar-refractivity contribution in [3.05, 3.63) is 52.5 Å². The van der Waals surface area contributed by atoms with Crippen LogP contribution in [0.3, 0.4) is 0 Å². The maximum Gasteiger partial charge on any atom is 0.262 e. The average molecular weight is 348 g/mol. The smallest absolute Gasteiger partial charge is 0.262 e. The number of nitrogens with one attached hydrogen (secondary N) is 1. The van der Waals surface area contributed by atoms with E-state index in [1.807, 2.05) is 38.1 Å². The minimum Gasteiger partial charge on any atom is -0.493 e. The van der Waals surface area contributed by atoms with Crippen molar-refractivity contribution in [3.8, 4) is 11.5 Å². The van der Waals surface area contributed by atoms with Crippen molar-refractivity contribution in [1.82, 2.24) is 0 Å². The van der Waals surface area contributed by atoms with E-state index in [0.717, 1.165) is 29.7 Å². The Morgan fingerprint density at radius 3 is 2.42 bits per heavy atom. The largest absolute Gasteiger partial charge is 0.493 e. The van der Waals surface area contributed by atoms with Crippen LogP contribution in [0.2, 0.25) is 5.02 Å². The second-order valence-corrected chi connectivity index (χ2v) is 5.66. The first-order chi connectivity index (χ1) is 11.6. The number of hydrogen-bond acceptors (Lipinski definition) is 3. The predicted octanol–water partition coefficient (Wildman–Crippen LogP) is 4.49. The first kappa shape index (κ1) is 18.1. The van der Waals surface area contributed by atoms with E-state index >= 15 is 0 Å². The minimum absolute atomic E-state index is 0.0980. The van der Waals surface area contributed by atoms with Crippen LogP contribution in [-0.4, -0.2) is 19.6 Å². The molecule has 0 aliphatic rings. The molecular weight excluding hydrogens is 326 g/mol. The molecule has 0 radical (unpaired) electrons. The number of benzene rings is 2. The zero-order chi connectivity index (χ0) is 17.5. The second-order valence-electron chi connectivity index (χ2n) is 5.25. The van der Waals surface area contributed by atoms with E-state index in [9.17, 15) is 4.79 Å². The highest BCUT2D eigenvalue weighted by atomic mass is 35.5. The highest BCUT2D eigenvalue weighted by Crippen LogP contribution is 2.30. The molecule has 128 valence electrons. The third kappa shape index (κ3) is 4.20. The number of amides is 1. The first-order valence-corrected chi connectivity index (χ1v) is 8.34. The van der Waals surface area contributed by atoms with Gasteiger partial charge in [0.25, 0.3) is 5.91 Å². The van der Waals surface area contributed by atoms with Crippen LogP contribution in [0.15, 0.2) is 36.4 Å². The molecule has 0 aliphatic heterocycles. The molecule has 0 saturated heterocycles. The van der Waals surface area contributed by atoms with Gasteiger partial charge in [-0.15, -0.1) is 0 Å². The predicted molar refractivity (Wildman–Crippen MR) is 97.3 cm³/mol. The Balaban J connectivity index is 2.11. The van der Waals surface area contributed by atoms with Crippen LogP contribution in [-0.2, 0) is 17.6 Å². The summed E-state index contributed by atoms with van der Waals surface area (Å²) in [5.74, 6) is 0.900. The SMILES string of the molecule is CCc1ccc(Cl)c(CC)c1NC(=O)COc1ccccc1OC. The Kier molecular flexibility index (Phi) is 6.50. The number of carbonyl (C=O) groups excluding carboxylic acids is 1. The van der Waals surface area contributed by atoms with Crippen molar-refractivity contribution < 1.29 is 14.3 Å². The Morgan fingerprint density at radius 1 is 1.08 bits per heavy atom. The highest BCUT2D eigenvalue weighted by molar-refractivity contribution is 6.32. The van der Waals surface area contributed by atoms with Crippen molar-refractivity contribution >= 4 is 23.2 Å². The van der Waals surface area contributed by atoms with Gasteiger partial charge >= 0.3 is 0 Å². The molecule has 0 atom stereocenters. The molecule has 0 aromatic heterocycles. The minimum atomic E-state index is -0.229. The van der Waals surface area contributed by atoms with Gasteiger partial charge in [-0.05, 0) is 42.2 Å². The molecular formula is C19H22ClNO3. The third-order valence-electron chi connectivity index (χ3n) is 3.77. The van der Waals surface area contributed by atoms with E-state index in [0.29, 0.717) is 16.5 Å². The Labute approximate surface area is 147 Å². The zero-order valence-corrected chi connectivity index (χ0v) is 14.9. The molecule has 0 unspecified atom stereocenters. The lowest BCUT2D eigenvalue weighted by molar-refractivity contribution is -0.118. The molecule has 0 aliphatic carbocycles. The van der Waals surface area contributed by atoms with Crippen LogP contribution in [0.25, 0.3) is 0 Å². The maximum absolute atomic E-state index is 12.3. The van der Waals surface area contributed by atoms with Crippen LogP contribution in [0.1, 0.15) is 25.0 Å². The maximum atomic E-state index is 12.3. The second kappa shape index (κ2) is 8.60. The summed E-state index contributed by atoms with van der Waals surface area (Å²) in [7, 11) is 1.56. The van der Waals surface area contributed by atoms with Crippen LogP contribution in [0, 0.1) is 0 Å². The number of anilines is 1. The summed E-state index contributed by atoms with van der Waals surface area (Å²) in [5, 5.41) is 3.60. The third-order valence-corrected chi connectivity index (χ3v) is 4.12. The van der Waals surface area contributed by atoms with Gasteiger partial charge in [-0.2, -0.15) is 0 Å². The molecule has 0 heterocycles. The van der Waals surface area contributed by atoms with Gasteiger partial charge in [0, 0.05) is 10.7 Å². The van der Waals surface area contributed by atoms with Gasteiger partial charge in [-0.25, -0.2) is 0 Å². The Bertz CT molecular complexity index is 716. The summed E-state index contributed by atoms with van der Waals surface area (Å²) in [5.41, 5.74) is 2.80. The summed E-state index contributed by atoms with van der Waals surface area (Å²) in [6, 6.07) is 11.0.